The molecule has 1 N–H and O–H groups in total. The second kappa shape index (κ2) is 6.23. The van der Waals surface area contributed by atoms with E-state index in [9.17, 15) is 9.50 Å². The molecule has 4 nitrogen and oxygen atoms in total. The van der Waals surface area contributed by atoms with E-state index in [1.165, 1.54) is 29.6 Å². The molecule has 2 aromatic rings. The van der Waals surface area contributed by atoms with Gasteiger partial charge in [0.2, 0.25) is 5.89 Å². The first-order valence-electron chi connectivity index (χ1n) is 7.39. The average Bonchev–Trinajstić information content (AvgIpc) is 2.98. The molecular weight excluding hydrogens is 291 g/mol. The van der Waals surface area contributed by atoms with Gasteiger partial charge in [-0.05, 0) is 18.2 Å². The fraction of sp³-hybridized carbons (Fsp3) is 0.600. The van der Waals surface area contributed by atoms with E-state index in [1.54, 1.807) is 5.38 Å². The molecule has 6 heteroatoms. The number of aliphatic hydroxyl groups is 1. The minimum atomic E-state index is -0.728. The summed E-state index contributed by atoms with van der Waals surface area (Å²) in [6.45, 7) is 0. The molecule has 1 fully saturated rings. The molecular formula is C15H19FN2O2S. The predicted molar refractivity (Wildman–Crippen MR) is 77.7 cm³/mol. The van der Waals surface area contributed by atoms with Crippen molar-refractivity contribution >= 4 is 11.3 Å². The third kappa shape index (κ3) is 3.68. The van der Waals surface area contributed by atoms with Gasteiger partial charge in [0.15, 0.2) is 5.82 Å². The van der Waals surface area contributed by atoms with Crippen molar-refractivity contribution in [2.24, 2.45) is 0 Å². The van der Waals surface area contributed by atoms with Gasteiger partial charge in [-0.15, -0.1) is 11.3 Å². The molecule has 2 heterocycles. The van der Waals surface area contributed by atoms with Crippen molar-refractivity contribution < 1.29 is 14.0 Å². The van der Waals surface area contributed by atoms with E-state index in [-0.39, 0.29) is 5.82 Å². The van der Waals surface area contributed by atoms with Crippen molar-refractivity contribution in [3.05, 3.63) is 33.9 Å². The van der Waals surface area contributed by atoms with Crippen LogP contribution in [0.2, 0.25) is 0 Å². The smallest absolute Gasteiger partial charge is 0.229 e. The van der Waals surface area contributed by atoms with Crippen LogP contribution in [0.4, 0.5) is 4.39 Å². The van der Waals surface area contributed by atoms with Crippen molar-refractivity contribution in [3.8, 4) is 0 Å². The highest BCUT2D eigenvalue weighted by molar-refractivity contribution is 7.08. The van der Waals surface area contributed by atoms with E-state index in [4.69, 9.17) is 4.52 Å². The van der Waals surface area contributed by atoms with Crippen molar-refractivity contribution in [2.45, 2.75) is 57.0 Å². The van der Waals surface area contributed by atoms with Crippen LogP contribution in [0.5, 0.6) is 0 Å². The first-order chi connectivity index (χ1) is 10.1. The minimum absolute atomic E-state index is 0.228. The first kappa shape index (κ1) is 14.7. The first-order valence-corrected chi connectivity index (χ1v) is 8.33. The van der Waals surface area contributed by atoms with Crippen LogP contribution in [0.3, 0.4) is 0 Å². The van der Waals surface area contributed by atoms with Crippen LogP contribution < -0.4 is 0 Å². The van der Waals surface area contributed by atoms with Gasteiger partial charge in [0.1, 0.15) is 5.82 Å². The highest BCUT2D eigenvalue weighted by Crippen LogP contribution is 2.29. The summed E-state index contributed by atoms with van der Waals surface area (Å²) in [5, 5.41) is 17.7. The largest absolute Gasteiger partial charge is 0.389 e. The van der Waals surface area contributed by atoms with E-state index >= 15 is 0 Å². The standard InChI is InChI=1S/C15H19FN2O2S/c16-12-10-21-9-11(12)7-13-17-14(20-18-13)8-15(19)5-3-1-2-4-6-15/h9-10,19H,1-8H2. The van der Waals surface area contributed by atoms with E-state index in [2.05, 4.69) is 10.1 Å². The molecule has 0 aromatic carbocycles. The molecule has 2 aromatic heterocycles. The molecule has 21 heavy (non-hydrogen) atoms. The lowest BCUT2D eigenvalue weighted by Crippen LogP contribution is -2.30. The van der Waals surface area contributed by atoms with Crippen molar-refractivity contribution in [3.63, 3.8) is 0 Å². The third-order valence-corrected chi connectivity index (χ3v) is 4.83. The lowest BCUT2D eigenvalue weighted by molar-refractivity contribution is 0.0181. The van der Waals surface area contributed by atoms with Gasteiger partial charge in [0.05, 0.1) is 12.0 Å². The average molecular weight is 310 g/mol. The number of hydrogen-bond donors (Lipinski definition) is 1. The predicted octanol–water partition coefficient (Wildman–Crippen LogP) is 3.49. The van der Waals surface area contributed by atoms with Gasteiger partial charge >= 0.3 is 0 Å². The lowest BCUT2D eigenvalue weighted by Gasteiger charge is -2.24. The maximum atomic E-state index is 13.4. The van der Waals surface area contributed by atoms with E-state index < -0.39 is 5.60 Å². The number of nitrogens with zero attached hydrogens (tertiary/aromatic N) is 2. The van der Waals surface area contributed by atoms with E-state index in [1.807, 2.05) is 0 Å². The highest BCUT2D eigenvalue weighted by atomic mass is 32.1. The van der Waals surface area contributed by atoms with Crippen LogP contribution >= 0.6 is 11.3 Å². The number of rotatable bonds is 4. The van der Waals surface area contributed by atoms with E-state index in [0.717, 1.165) is 25.7 Å². The van der Waals surface area contributed by atoms with Crippen LogP contribution in [-0.2, 0) is 12.8 Å². The molecule has 1 saturated carbocycles. The van der Waals surface area contributed by atoms with Crippen molar-refractivity contribution in [1.29, 1.82) is 0 Å². The van der Waals surface area contributed by atoms with Gasteiger partial charge in [0, 0.05) is 17.4 Å². The Morgan fingerprint density at radius 1 is 1.24 bits per heavy atom. The maximum Gasteiger partial charge on any atom is 0.229 e. The SMILES string of the molecule is OC1(Cc2nc(Cc3cscc3F)no2)CCCCCC1. The Bertz CT molecular complexity index is 588. The fourth-order valence-corrected chi connectivity index (χ4v) is 3.58. The summed E-state index contributed by atoms with van der Waals surface area (Å²) in [7, 11) is 0. The zero-order valence-electron chi connectivity index (χ0n) is 11.8. The summed E-state index contributed by atoms with van der Waals surface area (Å²) in [5.41, 5.74) is -0.144. The molecule has 0 bridgehead atoms. The summed E-state index contributed by atoms with van der Waals surface area (Å²) < 4.78 is 18.6. The van der Waals surface area contributed by atoms with Crippen LogP contribution in [-0.4, -0.2) is 20.8 Å². The topological polar surface area (TPSA) is 59.2 Å². The molecule has 1 aliphatic rings. The Morgan fingerprint density at radius 3 is 2.67 bits per heavy atom. The number of halogens is 1. The van der Waals surface area contributed by atoms with Gasteiger partial charge in [-0.2, -0.15) is 4.98 Å². The molecule has 0 amide bonds. The minimum Gasteiger partial charge on any atom is -0.389 e. The summed E-state index contributed by atoms with van der Waals surface area (Å²) in [4.78, 5) is 4.30. The molecule has 114 valence electrons. The summed E-state index contributed by atoms with van der Waals surface area (Å²) in [6.07, 6.45) is 6.72. The molecule has 3 rings (SSSR count). The monoisotopic (exact) mass is 310 g/mol. The Kier molecular flexibility index (Phi) is 4.35. The summed E-state index contributed by atoms with van der Waals surface area (Å²) in [5.74, 6) is 0.693. The Labute approximate surface area is 127 Å². The maximum absolute atomic E-state index is 13.4. The van der Waals surface area contributed by atoms with Crippen LogP contribution in [0, 0.1) is 5.82 Å². The van der Waals surface area contributed by atoms with E-state index in [0.29, 0.717) is 30.1 Å². The Hall–Kier alpha value is -1.27. The van der Waals surface area contributed by atoms with Crippen molar-refractivity contribution in [1.82, 2.24) is 10.1 Å². The summed E-state index contributed by atoms with van der Waals surface area (Å²) in [6, 6.07) is 0. The van der Waals surface area contributed by atoms with Gasteiger partial charge in [0.25, 0.3) is 0 Å². The second-order valence-electron chi connectivity index (χ2n) is 5.84. The van der Waals surface area contributed by atoms with Crippen LogP contribution in [0.25, 0.3) is 0 Å². The zero-order chi connectivity index (χ0) is 14.7. The Balaban J connectivity index is 1.66. The third-order valence-electron chi connectivity index (χ3n) is 4.06. The fourth-order valence-electron chi connectivity index (χ4n) is 2.88. The highest BCUT2D eigenvalue weighted by Gasteiger charge is 2.30. The number of hydrogen-bond acceptors (Lipinski definition) is 5. The van der Waals surface area contributed by atoms with Crippen molar-refractivity contribution in [2.75, 3.05) is 0 Å². The van der Waals surface area contributed by atoms with Gasteiger partial charge < -0.3 is 9.63 Å². The molecule has 0 atom stereocenters. The second-order valence-corrected chi connectivity index (χ2v) is 6.58. The van der Waals surface area contributed by atoms with Crippen LogP contribution in [0.1, 0.15) is 55.8 Å². The van der Waals surface area contributed by atoms with Gasteiger partial charge in [-0.25, -0.2) is 4.39 Å². The number of aromatic nitrogens is 2. The molecule has 0 spiro atoms. The molecule has 1 aliphatic carbocycles. The number of thiophene rings is 1. The molecule has 0 saturated heterocycles. The quantitative estimate of drug-likeness (QED) is 0.878. The zero-order valence-corrected chi connectivity index (χ0v) is 12.7. The van der Waals surface area contributed by atoms with Crippen LogP contribution in [0.15, 0.2) is 15.3 Å². The molecule has 0 unspecified atom stereocenters. The Morgan fingerprint density at radius 2 is 2.00 bits per heavy atom. The normalized spacial score (nSPS) is 18.6. The lowest BCUT2D eigenvalue weighted by atomic mass is 9.91. The van der Waals surface area contributed by atoms with Gasteiger partial charge in [-0.3, -0.25) is 0 Å². The van der Waals surface area contributed by atoms with Gasteiger partial charge in [-0.1, -0.05) is 30.8 Å². The molecule has 0 radical (unpaired) electrons. The summed E-state index contributed by atoms with van der Waals surface area (Å²) >= 11 is 1.32. The molecule has 0 aliphatic heterocycles.